The number of nitrogens with one attached hydrogen (secondary N) is 2. The van der Waals surface area contributed by atoms with Crippen LogP contribution < -0.4 is 15.4 Å². The van der Waals surface area contributed by atoms with Crippen molar-refractivity contribution in [1.82, 2.24) is 10.6 Å². The third kappa shape index (κ3) is 4.79. The van der Waals surface area contributed by atoms with Crippen molar-refractivity contribution in [3.05, 3.63) is 76.7 Å². The van der Waals surface area contributed by atoms with Crippen molar-refractivity contribution in [2.24, 2.45) is 5.92 Å². The van der Waals surface area contributed by atoms with Crippen LogP contribution in [-0.4, -0.2) is 18.6 Å². The predicted molar refractivity (Wildman–Crippen MR) is 110 cm³/mol. The second kappa shape index (κ2) is 9.43. The first-order valence-electron chi connectivity index (χ1n) is 9.85. The number of halogens is 1. The van der Waals surface area contributed by atoms with Gasteiger partial charge in [0.15, 0.2) is 0 Å². The zero-order valence-corrected chi connectivity index (χ0v) is 17.2. The van der Waals surface area contributed by atoms with Crippen LogP contribution in [-0.2, 0) is 16.1 Å². The number of ether oxygens (including phenoxy) is 2. The average molecular weight is 412 g/mol. The summed E-state index contributed by atoms with van der Waals surface area (Å²) in [6.45, 7) is 5.87. The molecule has 2 amide bonds. The van der Waals surface area contributed by atoms with Crippen molar-refractivity contribution in [2.45, 2.75) is 33.4 Å². The number of carbonyl (C=O) groups is 2. The largest absolute Gasteiger partial charge is 0.489 e. The van der Waals surface area contributed by atoms with Gasteiger partial charge in [-0.25, -0.2) is 14.0 Å². The number of esters is 1. The zero-order valence-electron chi connectivity index (χ0n) is 17.2. The normalized spacial score (nSPS) is 16.2. The Labute approximate surface area is 175 Å². The van der Waals surface area contributed by atoms with Crippen LogP contribution in [0.4, 0.5) is 9.18 Å². The maximum Gasteiger partial charge on any atom is 0.338 e. The molecular weight excluding hydrogens is 387 g/mol. The fourth-order valence-electron chi connectivity index (χ4n) is 3.26. The van der Waals surface area contributed by atoms with Gasteiger partial charge in [0.1, 0.15) is 18.2 Å². The number of urea groups is 1. The molecular formula is C23H25FN2O4. The molecule has 7 heteroatoms. The van der Waals surface area contributed by atoms with Crippen LogP contribution in [0.5, 0.6) is 5.75 Å². The van der Waals surface area contributed by atoms with Gasteiger partial charge in [-0.3, -0.25) is 0 Å². The van der Waals surface area contributed by atoms with E-state index in [0.29, 0.717) is 28.1 Å². The Kier molecular flexibility index (Phi) is 6.72. The van der Waals surface area contributed by atoms with Crippen LogP contribution in [0.2, 0.25) is 0 Å². The van der Waals surface area contributed by atoms with Crippen LogP contribution >= 0.6 is 0 Å². The molecule has 2 N–H and O–H groups in total. The van der Waals surface area contributed by atoms with Gasteiger partial charge in [0.05, 0.1) is 18.2 Å². The molecule has 0 aromatic heterocycles. The second-order valence-electron chi connectivity index (χ2n) is 7.18. The summed E-state index contributed by atoms with van der Waals surface area (Å²) >= 11 is 0. The van der Waals surface area contributed by atoms with Crippen molar-refractivity contribution in [3.8, 4) is 5.75 Å². The highest BCUT2D eigenvalue weighted by Gasteiger charge is 2.34. The third-order valence-electron chi connectivity index (χ3n) is 4.74. The maximum absolute atomic E-state index is 13.7. The minimum atomic E-state index is -0.643. The SMILES string of the molecule is CCOC(=O)C1=C(C(C)C)NC(=O)NC1c1ccc(OCc2ccccc2F)cc1. The third-order valence-corrected chi connectivity index (χ3v) is 4.74. The lowest BCUT2D eigenvalue weighted by Crippen LogP contribution is -2.47. The zero-order chi connectivity index (χ0) is 21.7. The average Bonchev–Trinajstić information content (AvgIpc) is 2.73. The fourth-order valence-corrected chi connectivity index (χ4v) is 3.26. The Morgan fingerprint density at radius 3 is 2.47 bits per heavy atom. The quantitative estimate of drug-likeness (QED) is 0.667. The van der Waals surface area contributed by atoms with E-state index in [0.717, 1.165) is 0 Å². The van der Waals surface area contributed by atoms with E-state index in [1.165, 1.54) is 6.07 Å². The van der Waals surface area contributed by atoms with Crippen molar-refractivity contribution in [1.29, 1.82) is 0 Å². The smallest absolute Gasteiger partial charge is 0.338 e. The molecule has 0 bridgehead atoms. The van der Waals surface area contributed by atoms with Gasteiger partial charge in [-0.15, -0.1) is 0 Å². The van der Waals surface area contributed by atoms with E-state index in [-0.39, 0.29) is 31.0 Å². The van der Waals surface area contributed by atoms with E-state index in [1.807, 2.05) is 13.8 Å². The van der Waals surface area contributed by atoms with Crippen LogP contribution in [0.15, 0.2) is 59.8 Å². The van der Waals surface area contributed by atoms with Gasteiger partial charge < -0.3 is 20.1 Å². The van der Waals surface area contributed by atoms with E-state index in [2.05, 4.69) is 10.6 Å². The van der Waals surface area contributed by atoms with Crippen molar-refractivity contribution in [2.75, 3.05) is 6.61 Å². The van der Waals surface area contributed by atoms with Gasteiger partial charge in [0.25, 0.3) is 0 Å². The van der Waals surface area contributed by atoms with Crippen LogP contribution in [0, 0.1) is 11.7 Å². The van der Waals surface area contributed by atoms with Crippen molar-refractivity contribution < 1.29 is 23.5 Å². The van der Waals surface area contributed by atoms with Crippen LogP contribution in [0.25, 0.3) is 0 Å². The number of hydrogen-bond donors (Lipinski definition) is 2. The van der Waals surface area contributed by atoms with Gasteiger partial charge in [-0.1, -0.05) is 44.2 Å². The van der Waals surface area contributed by atoms with E-state index in [1.54, 1.807) is 49.4 Å². The van der Waals surface area contributed by atoms with Gasteiger partial charge in [-0.05, 0) is 36.6 Å². The molecule has 2 aromatic rings. The summed E-state index contributed by atoms with van der Waals surface area (Å²) < 4.78 is 24.6. The maximum atomic E-state index is 13.7. The highest BCUT2D eigenvalue weighted by atomic mass is 19.1. The van der Waals surface area contributed by atoms with E-state index in [9.17, 15) is 14.0 Å². The number of allylic oxidation sites excluding steroid dienone is 1. The molecule has 0 spiro atoms. The molecule has 0 aliphatic carbocycles. The molecule has 0 radical (unpaired) electrons. The van der Waals surface area contributed by atoms with Crippen molar-refractivity contribution >= 4 is 12.0 Å². The molecule has 30 heavy (non-hydrogen) atoms. The van der Waals surface area contributed by atoms with Gasteiger partial charge in [0, 0.05) is 11.3 Å². The summed E-state index contributed by atoms with van der Waals surface area (Å²) in [7, 11) is 0. The minimum Gasteiger partial charge on any atom is -0.489 e. The van der Waals surface area contributed by atoms with E-state index >= 15 is 0 Å². The minimum absolute atomic E-state index is 0.0682. The topological polar surface area (TPSA) is 76.7 Å². The molecule has 0 saturated heterocycles. The molecule has 1 aliphatic heterocycles. The Morgan fingerprint density at radius 2 is 1.83 bits per heavy atom. The summed E-state index contributed by atoms with van der Waals surface area (Å²) in [6, 6.07) is 12.4. The number of hydrogen-bond acceptors (Lipinski definition) is 4. The highest BCUT2D eigenvalue weighted by molar-refractivity contribution is 5.95. The summed E-state index contributed by atoms with van der Waals surface area (Å²) in [6.07, 6.45) is 0. The summed E-state index contributed by atoms with van der Waals surface area (Å²) in [5, 5.41) is 5.52. The molecule has 1 atom stereocenters. The monoisotopic (exact) mass is 412 g/mol. The first-order valence-corrected chi connectivity index (χ1v) is 9.85. The fraction of sp³-hybridized carbons (Fsp3) is 0.304. The van der Waals surface area contributed by atoms with Crippen molar-refractivity contribution in [3.63, 3.8) is 0 Å². The summed E-state index contributed by atoms with van der Waals surface area (Å²) in [5.41, 5.74) is 2.10. The lowest BCUT2D eigenvalue weighted by atomic mass is 9.91. The molecule has 1 aliphatic rings. The number of amides is 2. The Morgan fingerprint density at radius 1 is 1.13 bits per heavy atom. The molecule has 1 unspecified atom stereocenters. The first kappa shape index (κ1) is 21.4. The van der Waals surface area contributed by atoms with E-state index in [4.69, 9.17) is 9.47 Å². The van der Waals surface area contributed by atoms with Gasteiger partial charge >= 0.3 is 12.0 Å². The second-order valence-corrected chi connectivity index (χ2v) is 7.18. The van der Waals surface area contributed by atoms with E-state index < -0.39 is 12.0 Å². The number of benzene rings is 2. The molecule has 0 fully saturated rings. The summed E-state index contributed by atoms with van der Waals surface area (Å²) in [4.78, 5) is 24.8. The number of rotatable bonds is 7. The molecule has 6 nitrogen and oxygen atoms in total. The standard InChI is InChI=1S/C23H25FN2O4/c1-4-29-22(27)19-20(14(2)3)25-23(28)26-21(19)15-9-11-17(12-10-15)30-13-16-7-5-6-8-18(16)24/h5-12,14,21H,4,13H2,1-3H3,(H2,25,26,28). The first-order chi connectivity index (χ1) is 14.4. The molecule has 2 aromatic carbocycles. The Bertz CT molecular complexity index is 954. The Balaban J connectivity index is 1.84. The lowest BCUT2D eigenvalue weighted by molar-refractivity contribution is -0.139. The lowest BCUT2D eigenvalue weighted by Gasteiger charge is -2.31. The number of carbonyl (C=O) groups excluding carboxylic acids is 2. The Hall–Kier alpha value is -3.35. The van der Waals surface area contributed by atoms with Crippen LogP contribution in [0.1, 0.15) is 37.9 Å². The molecule has 158 valence electrons. The van der Waals surface area contributed by atoms with Gasteiger partial charge in [0.2, 0.25) is 0 Å². The highest BCUT2D eigenvalue weighted by Crippen LogP contribution is 2.31. The predicted octanol–water partition coefficient (Wildman–Crippen LogP) is 4.23. The summed E-state index contributed by atoms with van der Waals surface area (Å²) in [5.74, 6) is -0.315. The molecule has 0 saturated carbocycles. The molecule has 3 rings (SSSR count). The molecule has 1 heterocycles. The van der Waals surface area contributed by atoms with Gasteiger partial charge in [-0.2, -0.15) is 0 Å². The van der Waals surface area contributed by atoms with Crippen LogP contribution in [0.3, 0.4) is 0 Å².